The quantitative estimate of drug-likeness (QED) is 0.392. The molecule has 0 atom stereocenters. The number of aryl methyl sites for hydroxylation is 1. The molecular formula is C22H17ClN2OS2. The molecule has 0 unspecified atom stereocenters. The first kappa shape index (κ1) is 17.9. The van der Waals surface area contributed by atoms with Crippen LogP contribution in [0.1, 0.15) is 33.6 Å². The number of rotatable bonds is 3. The van der Waals surface area contributed by atoms with Crippen LogP contribution in [0.3, 0.4) is 0 Å². The van der Waals surface area contributed by atoms with Crippen LogP contribution >= 0.6 is 34.3 Å². The molecule has 1 N–H and O–H groups in total. The second-order valence-corrected chi connectivity index (χ2v) is 9.44. The van der Waals surface area contributed by atoms with Crippen molar-refractivity contribution in [3.8, 4) is 10.6 Å². The summed E-state index contributed by atoms with van der Waals surface area (Å²) in [7, 11) is 0. The molecule has 0 radical (unpaired) electrons. The molecule has 28 heavy (non-hydrogen) atoms. The zero-order chi connectivity index (χ0) is 19.1. The van der Waals surface area contributed by atoms with Gasteiger partial charge in [-0.25, -0.2) is 4.98 Å². The van der Waals surface area contributed by atoms with E-state index in [1.54, 1.807) is 46.9 Å². The van der Waals surface area contributed by atoms with Crippen molar-refractivity contribution in [2.45, 2.75) is 25.7 Å². The molecule has 1 aliphatic carbocycles. The fraction of sp³-hybridized carbons (Fsp3) is 0.182. The van der Waals surface area contributed by atoms with Crippen LogP contribution in [0.25, 0.3) is 20.8 Å². The number of nitrogens with one attached hydrogen (secondary N) is 1. The molecule has 4 aromatic rings. The molecule has 0 spiro atoms. The van der Waals surface area contributed by atoms with Crippen LogP contribution in [0.2, 0.25) is 5.02 Å². The summed E-state index contributed by atoms with van der Waals surface area (Å²) in [4.78, 5) is 19.1. The van der Waals surface area contributed by atoms with E-state index in [1.807, 2.05) is 18.2 Å². The SMILES string of the molecule is O=C(Nc1sc2c(c1-c1nc3ccccc3s1)CCCC2)c1cccc(Cl)c1. The number of aromatic nitrogens is 1. The average Bonchev–Trinajstić information content (AvgIpc) is 3.28. The van der Waals surface area contributed by atoms with Crippen molar-refractivity contribution in [1.29, 1.82) is 0 Å². The highest BCUT2D eigenvalue weighted by atomic mass is 35.5. The largest absolute Gasteiger partial charge is 0.313 e. The smallest absolute Gasteiger partial charge is 0.256 e. The van der Waals surface area contributed by atoms with E-state index >= 15 is 0 Å². The molecule has 1 amide bonds. The van der Waals surface area contributed by atoms with Gasteiger partial charge in [0, 0.05) is 21.0 Å². The van der Waals surface area contributed by atoms with Gasteiger partial charge in [-0.2, -0.15) is 0 Å². The predicted octanol–water partition coefficient (Wildman–Crippen LogP) is 6.81. The number of carbonyl (C=O) groups is 1. The van der Waals surface area contributed by atoms with Gasteiger partial charge >= 0.3 is 0 Å². The number of thiophene rings is 1. The van der Waals surface area contributed by atoms with Gasteiger partial charge in [0.2, 0.25) is 0 Å². The molecule has 0 aliphatic heterocycles. The Morgan fingerprint density at radius 2 is 1.89 bits per heavy atom. The van der Waals surface area contributed by atoms with Crippen molar-refractivity contribution in [2.24, 2.45) is 0 Å². The first-order valence-corrected chi connectivity index (χ1v) is 11.3. The van der Waals surface area contributed by atoms with E-state index in [0.29, 0.717) is 10.6 Å². The minimum Gasteiger partial charge on any atom is -0.313 e. The van der Waals surface area contributed by atoms with Gasteiger partial charge in [-0.1, -0.05) is 29.8 Å². The Kier molecular flexibility index (Phi) is 4.67. The lowest BCUT2D eigenvalue weighted by atomic mass is 9.95. The molecular weight excluding hydrogens is 408 g/mol. The lowest BCUT2D eigenvalue weighted by Gasteiger charge is -2.11. The normalized spacial score (nSPS) is 13.5. The van der Waals surface area contributed by atoms with E-state index in [1.165, 1.54) is 28.0 Å². The van der Waals surface area contributed by atoms with Gasteiger partial charge in [0.25, 0.3) is 5.91 Å². The van der Waals surface area contributed by atoms with Crippen LogP contribution in [0.4, 0.5) is 5.00 Å². The second kappa shape index (κ2) is 7.32. The van der Waals surface area contributed by atoms with Gasteiger partial charge in [-0.3, -0.25) is 4.79 Å². The fourth-order valence-electron chi connectivity index (χ4n) is 3.66. The van der Waals surface area contributed by atoms with Crippen molar-refractivity contribution >= 4 is 55.4 Å². The maximum Gasteiger partial charge on any atom is 0.256 e. The summed E-state index contributed by atoms with van der Waals surface area (Å²) in [6.45, 7) is 0. The number of anilines is 1. The van der Waals surface area contributed by atoms with E-state index in [4.69, 9.17) is 16.6 Å². The molecule has 2 aromatic heterocycles. The molecule has 140 valence electrons. The van der Waals surface area contributed by atoms with E-state index in [2.05, 4.69) is 11.4 Å². The monoisotopic (exact) mass is 424 g/mol. The third-order valence-electron chi connectivity index (χ3n) is 4.99. The minimum atomic E-state index is -0.136. The van der Waals surface area contributed by atoms with Crippen LogP contribution in [0, 0.1) is 0 Å². The van der Waals surface area contributed by atoms with E-state index in [-0.39, 0.29) is 5.91 Å². The van der Waals surface area contributed by atoms with Gasteiger partial charge in [-0.05, 0) is 61.6 Å². The number of hydrogen-bond acceptors (Lipinski definition) is 4. The lowest BCUT2D eigenvalue weighted by Crippen LogP contribution is -2.11. The lowest BCUT2D eigenvalue weighted by molar-refractivity contribution is 0.102. The van der Waals surface area contributed by atoms with Crippen LogP contribution in [0.5, 0.6) is 0 Å². The molecule has 2 heterocycles. The molecule has 0 saturated heterocycles. The molecule has 0 bridgehead atoms. The van der Waals surface area contributed by atoms with Crippen molar-refractivity contribution in [3.05, 3.63) is 69.6 Å². The van der Waals surface area contributed by atoms with Gasteiger partial charge in [0.1, 0.15) is 10.0 Å². The summed E-state index contributed by atoms with van der Waals surface area (Å²) >= 11 is 9.45. The Morgan fingerprint density at radius 3 is 2.75 bits per heavy atom. The Labute approximate surface area is 176 Å². The Balaban J connectivity index is 1.59. The molecule has 1 aliphatic rings. The number of para-hydroxylation sites is 1. The number of benzene rings is 2. The van der Waals surface area contributed by atoms with Crippen molar-refractivity contribution < 1.29 is 4.79 Å². The molecule has 3 nitrogen and oxygen atoms in total. The van der Waals surface area contributed by atoms with Gasteiger partial charge in [0.15, 0.2) is 0 Å². The first-order chi connectivity index (χ1) is 13.7. The van der Waals surface area contributed by atoms with Gasteiger partial charge < -0.3 is 5.32 Å². The number of halogens is 1. The van der Waals surface area contributed by atoms with Crippen LogP contribution in [-0.4, -0.2) is 10.9 Å². The van der Waals surface area contributed by atoms with Crippen LogP contribution < -0.4 is 5.32 Å². The topological polar surface area (TPSA) is 42.0 Å². The molecule has 0 fully saturated rings. The average molecular weight is 425 g/mol. The number of amides is 1. The molecule has 0 saturated carbocycles. The zero-order valence-corrected chi connectivity index (χ0v) is 17.4. The predicted molar refractivity (Wildman–Crippen MR) is 119 cm³/mol. The van der Waals surface area contributed by atoms with Crippen molar-refractivity contribution in [1.82, 2.24) is 4.98 Å². The third-order valence-corrected chi connectivity index (χ3v) is 7.49. The van der Waals surface area contributed by atoms with Crippen LogP contribution in [0.15, 0.2) is 48.5 Å². The van der Waals surface area contributed by atoms with E-state index in [9.17, 15) is 4.79 Å². The Hall–Kier alpha value is -2.21. The second-order valence-electron chi connectivity index (χ2n) is 6.87. The van der Waals surface area contributed by atoms with Crippen LogP contribution in [-0.2, 0) is 12.8 Å². The van der Waals surface area contributed by atoms with E-state index < -0.39 is 0 Å². The molecule has 5 rings (SSSR count). The highest BCUT2D eigenvalue weighted by Gasteiger charge is 2.25. The fourth-order valence-corrected chi connectivity index (χ4v) is 6.25. The number of carbonyl (C=O) groups excluding carboxylic acids is 1. The number of nitrogens with zero attached hydrogens (tertiary/aromatic N) is 1. The zero-order valence-electron chi connectivity index (χ0n) is 15.0. The number of thiazole rings is 1. The summed E-state index contributed by atoms with van der Waals surface area (Å²) in [5.41, 5.74) is 4.03. The van der Waals surface area contributed by atoms with E-state index in [0.717, 1.165) is 33.9 Å². The molecule has 2 aromatic carbocycles. The minimum absolute atomic E-state index is 0.136. The maximum atomic E-state index is 12.9. The Morgan fingerprint density at radius 1 is 1.04 bits per heavy atom. The standard InChI is InChI=1S/C22H17ClN2OS2/c23-14-7-5-6-13(12-14)20(26)25-22-19(15-8-1-3-10-17(15)27-22)21-24-16-9-2-4-11-18(16)28-21/h2,4-7,9,11-12H,1,3,8,10H2,(H,25,26). The summed E-state index contributed by atoms with van der Waals surface area (Å²) in [6, 6.07) is 15.2. The first-order valence-electron chi connectivity index (χ1n) is 9.26. The maximum absolute atomic E-state index is 12.9. The van der Waals surface area contributed by atoms with Gasteiger partial charge in [-0.15, -0.1) is 22.7 Å². The third kappa shape index (κ3) is 3.24. The summed E-state index contributed by atoms with van der Waals surface area (Å²) in [5, 5.41) is 5.59. The number of fused-ring (bicyclic) bond motifs is 2. The van der Waals surface area contributed by atoms with Gasteiger partial charge in [0.05, 0.1) is 10.2 Å². The Bertz CT molecular complexity index is 1160. The summed E-state index contributed by atoms with van der Waals surface area (Å²) < 4.78 is 1.17. The number of hydrogen-bond donors (Lipinski definition) is 1. The molecule has 6 heteroatoms. The highest BCUT2D eigenvalue weighted by Crippen LogP contribution is 2.46. The highest BCUT2D eigenvalue weighted by molar-refractivity contribution is 7.23. The summed E-state index contributed by atoms with van der Waals surface area (Å²) in [5.74, 6) is -0.136. The van der Waals surface area contributed by atoms with Crippen molar-refractivity contribution in [3.63, 3.8) is 0 Å². The van der Waals surface area contributed by atoms with Crippen molar-refractivity contribution in [2.75, 3.05) is 5.32 Å². The summed E-state index contributed by atoms with van der Waals surface area (Å²) in [6.07, 6.45) is 4.51.